The molecule has 4 heteroatoms. The Morgan fingerprint density at radius 3 is 2.44 bits per heavy atom. The van der Waals surface area contributed by atoms with Crippen molar-refractivity contribution >= 4 is 21.9 Å². The van der Waals surface area contributed by atoms with E-state index in [9.17, 15) is 4.79 Å². The van der Waals surface area contributed by atoms with E-state index in [1.54, 1.807) is 0 Å². The molecule has 3 nitrogen and oxygen atoms in total. The number of alkyl halides is 1. The molecule has 1 N–H and O–H groups in total. The minimum Gasteiger partial charge on any atom is -0.504 e. The van der Waals surface area contributed by atoms with Crippen LogP contribution in [-0.2, 0) is 16.0 Å². The van der Waals surface area contributed by atoms with Gasteiger partial charge in [0.1, 0.15) is 0 Å². The first-order valence-corrected chi connectivity index (χ1v) is 5.85. The smallest absolute Gasteiger partial charge is 0.331 e. The van der Waals surface area contributed by atoms with Crippen molar-refractivity contribution < 1.29 is 14.6 Å². The van der Waals surface area contributed by atoms with Crippen LogP contribution in [-0.4, -0.2) is 23.5 Å². The number of halogens is 1. The number of hydrogen-bond acceptors (Lipinski definition) is 2. The first-order chi connectivity index (χ1) is 7.70. The summed E-state index contributed by atoms with van der Waals surface area (Å²) in [4.78, 5) is 9.59. The average Bonchev–Trinajstić information content (AvgIpc) is 2.29. The number of carbonyl (C=O) groups is 1. The molecular weight excluding hydrogens is 272 g/mol. The van der Waals surface area contributed by atoms with Crippen LogP contribution in [0.15, 0.2) is 42.7 Å². The Hall–Kier alpha value is -1.29. The summed E-state index contributed by atoms with van der Waals surface area (Å²) in [6.45, 7) is 0. The molecule has 0 heterocycles. The number of aryl methyl sites for hydroxylation is 1. The van der Waals surface area contributed by atoms with Gasteiger partial charge in [0.15, 0.2) is 0 Å². The van der Waals surface area contributed by atoms with Gasteiger partial charge in [-0.05, 0) is 12.0 Å². The summed E-state index contributed by atoms with van der Waals surface area (Å²) in [6.07, 6.45) is 3.14. The molecule has 0 aromatic heterocycles. The highest BCUT2D eigenvalue weighted by Crippen LogP contribution is 2.00. The lowest BCUT2D eigenvalue weighted by Gasteiger charge is -1.92. The zero-order valence-electron chi connectivity index (χ0n) is 9.10. The third-order valence-corrected chi connectivity index (χ3v) is 1.97. The molecule has 0 bridgehead atoms. The Kier molecular flexibility index (Phi) is 9.41. The molecule has 1 aromatic carbocycles. The summed E-state index contributed by atoms with van der Waals surface area (Å²) in [5, 5.41) is 8.93. The van der Waals surface area contributed by atoms with Gasteiger partial charge in [-0.3, -0.25) is 0 Å². The number of ether oxygens (including phenoxy) is 1. The van der Waals surface area contributed by atoms with Crippen molar-refractivity contribution in [3.63, 3.8) is 0 Å². The number of carboxylic acid groups (broad SMARTS) is 1. The van der Waals surface area contributed by atoms with Gasteiger partial charge in [-0.25, -0.2) is 4.79 Å². The van der Waals surface area contributed by atoms with Gasteiger partial charge in [-0.2, -0.15) is 0 Å². The summed E-state index contributed by atoms with van der Waals surface area (Å²) in [5.74, 6) is -0.998. The number of benzene rings is 1. The molecule has 1 rings (SSSR count). The van der Waals surface area contributed by atoms with E-state index in [4.69, 9.17) is 5.11 Å². The molecule has 16 heavy (non-hydrogen) atoms. The highest BCUT2D eigenvalue weighted by Gasteiger charge is 1.85. The Morgan fingerprint density at radius 2 is 2.06 bits per heavy atom. The van der Waals surface area contributed by atoms with E-state index in [0.29, 0.717) is 0 Å². The molecule has 0 atom stereocenters. The van der Waals surface area contributed by atoms with Gasteiger partial charge < -0.3 is 9.84 Å². The lowest BCUT2D eigenvalue weighted by atomic mass is 10.2. The number of carboxylic acids is 1. The Bertz CT molecular complexity index is 309. The van der Waals surface area contributed by atoms with Gasteiger partial charge in [0.25, 0.3) is 0 Å². The predicted molar refractivity (Wildman–Crippen MR) is 67.7 cm³/mol. The first kappa shape index (κ1) is 14.7. The van der Waals surface area contributed by atoms with Crippen LogP contribution in [0.5, 0.6) is 0 Å². The van der Waals surface area contributed by atoms with Crippen molar-refractivity contribution in [3.8, 4) is 0 Å². The SMILES string of the molecule is BrCCc1ccccc1.COC=CC(=O)O. The molecule has 0 fully saturated rings. The van der Waals surface area contributed by atoms with E-state index in [1.165, 1.54) is 12.7 Å². The first-order valence-electron chi connectivity index (χ1n) is 4.73. The van der Waals surface area contributed by atoms with Crippen molar-refractivity contribution in [3.05, 3.63) is 48.2 Å². The quantitative estimate of drug-likeness (QED) is 0.526. The van der Waals surface area contributed by atoms with Crippen molar-refractivity contribution in [2.45, 2.75) is 6.42 Å². The zero-order valence-corrected chi connectivity index (χ0v) is 10.7. The number of aliphatic carboxylic acids is 1. The Balaban J connectivity index is 0.000000293. The van der Waals surface area contributed by atoms with Crippen molar-refractivity contribution in [1.82, 2.24) is 0 Å². The third kappa shape index (κ3) is 9.27. The fraction of sp³-hybridized carbons (Fsp3) is 0.250. The second-order valence-corrected chi connectivity index (χ2v) is 3.59. The van der Waals surface area contributed by atoms with Gasteiger partial charge in [0.05, 0.1) is 19.4 Å². The molecule has 0 aliphatic rings. The van der Waals surface area contributed by atoms with E-state index in [0.717, 1.165) is 24.1 Å². The fourth-order valence-corrected chi connectivity index (χ4v) is 1.34. The minimum absolute atomic E-state index is 0.917. The second-order valence-electron chi connectivity index (χ2n) is 2.80. The van der Waals surface area contributed by atoms with Gasteiger partial charge >= 0.3 is 5.97 Å². The number of methoxy groups -OCH3 is 1. The van der Waals surface area contributed by atoms with Gasteiger partial charge in [-0.1, -0.05) is 46.3 Å². The monoisotopic (exact) mass is 286 g/mol. The topological polar surface area (TPSA) is 46.5 Å². The van der Waals surface area contributed by atoms with Crippen molar-refractivity contribution in [1.29, 1.82) is 0 Å². The van der Waals surface area contributed by atoms with Crippen LogP contribution in [0.1, 0.15) is 5.56 Å². The minimum atomic E-state index is -0.998. The van der Waals surface area contributed by atoms with Gasteiger partial charge in [-0.15, -0.1) is 0 Å². The fourth-order valence-electron chi connectivity index (χ4n) is 0.880. The molecule has 0 aliphatic heterocycles. The molecular formula is C12H15BrO3. The van der Waals surface area contributed by atoms with E-state index < -0.39 is 5.97 Å². The maximum Gasteiger partial charge on any atom is 0.331 e. The standard InChI is InChI=1S/C8H9Br.C4H6O3/c9-7-6-8-4-2-1-3-5-8;1-7-3-2-4(5)6/h1-5H,6-7H2;2-3H,1H3,(H,5,6). The number of rotatable bonds is 4. The van der Waals surface area contributed by atoms with Crippen molar-refractivity contribution in [2.24, 2.45) is 0 Å². The van der Waals surface area contributed by atoms with E-state index in [-0.39, 0.29) is 0 Å². The molecule has 0 saturated heterocycles. The van der Waals surface area contributed by atoms with Gasteiger partial charge in [0.2, 0.25) is 0 Å². The molecule has 88 valence electrons. The predicted octanol–water partition coefficient (Wildman–Crippen LogP) is 2.86. The van der Waals surface area contributed by atoms with E-state index in [1.807, 2.05) is 6.07 Å². The van der Waals surface area contributed by atoms with Crippen LogP contribution in [0.4, 0.5) is 0 Å². The lowest BCUT2D eigenvalue weighted by molar-refractivity contribution is -0.131. The lowest BCUT2D eigenvalue weighted by Crippen LogP contribution is -1.85. The molecule has 1 aromatic rings. The second kappa shape index (κ2) is 10.2. The van der Waals surface area contributed by atoms with Crippen LogP contribution in [0, 0.1) is 0 Å². The molecule has 0 saturated carbocycles. The summed E-state index contributed by atoms with van der Waals surface area (Å²) < 4.78 is 4.29. The van der Waals surface area contributed by atoms with Crippen LogP contribution < -0.4 is 0 Å². The maximum absolute atomic E-state index is 9.59. The summed E-state index contributed by atoms with van der Waals surface area (Å²) in [6, 6.07) is 10.5. The highest BCUT2D eigenvalue weighted by atomic mass is 79.9. The molecule has 0 aliphatic carbocycles. The molecule has 0 radical (unpaired) electrons. The largest absolute Gasteiger partial charge is 0.504 e. The molecule has 0 spiro atoms. The Labute approximate surface area is 104 Å². The van der Waals surface area contributed by atoms with E-state index in [2.05, 4.69) is 44.9 Å². The van der Waals surface area contributed by atoms with Crippen LogP contribution in [0.25, 0.3) is 0 Å². The maximum atomic E-state index is 9.59. The van der Waals surface area contributed by atoms with E-state index >= 15 is 0 Å². The average molecular weight is 287 g/mol. The van der Waals surface area contributed by atoms with Crippen LogP contribution in [0.2, 0.25) is 0 Å². The summed E-state index contributed by atoms with van der Waals surface area (Å²) in [7, 11) is 1.39. The molecule has 0 unspecified atom stereocenters. The van der Waals surface area contributed by atoms with Crippen molar-refractivity contribution in [2.75, 3.05) is 12.4 Å². The highest BCUT2D eigenvalue weighted by molar-refractivity contribution is 9.09. The summed E-state index contributed by atoms with van der Waals surface area (Å²) in [5.41, 5.74) is 1.40. The van der Waals surface area contributed by atoms with Crippen LogP contribution in [0.3, 0.4) is 0 Å². The van der Waals surface area contributed by atoms with Crippen LogP contribution >= 0.6 is 15.9 Å². The normalized spacial score (nSPS) is 9.38. The summed E-state index contributed by atoms with van der Waals surface area (Å²) >= 11 is 3.39. The number of hydrogen-bond donors (Lipinski definition) is 1. The van der Waals surface area contributed by atoms with Gasteiger partial charge in [0, 0.05) is 5.33 Å². The Morgan fingerprint density at radius 1 is 1.44 bits per heavy atom. The zero-order chi connectivity index (χ0) is 12.2. The third-order valence-electron chi connectivity index (χ3n) is 1.57. The molecule has 0 amide bonds.